The molecule has 1 aliphatic carbocycles. The number of nitriles is 2. The summed E-state index contributed by atoms with van der Waals surface area (Å²) >= 11 is 0. The molecule has 2 aliphatic rings. The van der Waals surface area contributed by atoms with E-state index in [1.165, 1.54) is 0 Å². The molecule has 0 bridgehead atoms. The van der Waals surface area contributed by atoms with Gasteiger partial charge in [0.25, 0.3) is 0 Å². The van der Waals surface area contributed by atoms with Crippen molar-refractivity contribution in [1.82, 2.24) is 5.32 Å². The van der Waals surface area contributed by atoms with Gasteiger partial charge in [-0.2, -0.15) is 10.5 Å². The van der Waals surface area contributed by atoms with Crippen molar-refractivity contribution in [2.24, 2.45) is 11.8 Å². The number of nitrogens with one attached hydrogen (secondary N) is 1. The van der Waals surface area contributed by atoms with E-state index in [1.807, 2.05) is 13.8 Å². The topological polar surface area (TPSA) is 59.6 Å². The second-order valence-corrected chi connectivity index (χ2v) is 4.95. The summed E-state index contributed by atoms with van der Waals surface area (Å²) in [6.45, 7) is 3.84. The Morgan fingerprint density at radius 2 is 1.72 bits per heavy atom. The smallest absolute Gasteiger partial charge is 0.0972 e. The summed E-state index contributed by atoms with van der Waals surface area (Å²) in [5.41, 5.74) is 3.26. The summed E-state index contributed by atoms with van der Waals surface area (Å²) in [6, 6.07) is 4.59. The van der Waals surface area contributed by atoms with Gasteiger partial charge in [0, 0.05) is 17.3 Å². The van der Waals surface area contributed by atoms with Crippen molar-refractivity contribution >= 4 is 0 Å². The van der Waals surface area contributed by atoms with Gasteiger partial charge in [-0.25, -0.2) is 0 Å². The van der Waals surface area contributed by atoms with Crippen molar-refractivity contribution < 1.29 is 0 Å². The fraction of sp³-hybridized carbons (Fsp3) is 0.467. The average molecular weight is 239 g/mol. The molecule has 92 valence electrons. The molecule has 1 atom stereocenters. The van der Waals surface area contributed by atoms with Crippen LogP contribution in [0.3, 0.4) is 0 Å². The van der Waals surface area contributed by atoms with Crippen molar-refractivity contribution in [2.45, 2.75) is 33.1 Å². The number of hydrogen-bond donors (Lipinski definition) is 1. The second-order valence-electron chi connectivity index (χ2n) is 4.95. The number of hydrogen-bond acceptors (Lipinski definition) is 3. The van der Waals surface area contributed by atoms with Crippen molar-refractivity contribution in [3.8, 4) is 12.1 Å². The van der Waals surface area contributed by atoms with Crippen LogP contribution in [0.15, 0.2) is 34.7 Å². The minimum absolute atomic E-state index is 0.0220. The highest BCUT2D eigenvalue weighted by Gasteiger charge is 2.34. The van der Waals surface area contributed by atoms with Gasteiger partial charge in [-0.1, -0.05) is 12.2 Å². The molecule has 3 heteroatoms. The molecule has 0 fully saturated rings. The molecule has 18 heavy (non-hydrogen) atoms. The van der Waals surface area contributed by atoms with Crippen LogP contribution in [0.1, 0.15) is 33.1 Å². The van der Waals surface area contributed by atoms with Crippen LogP contribution in [0, 0.1) is 34.5 Å². The standard InChI is InChI=1S/C15H17N3/c1-10-13(8-16)15(12-6-4-3-5-7-12)14(9-17)11(2)18-10/h3-4,12,15,18H,5-7H2,1-2H3/t12-/m1/s1. The number of allylic oxidation sites excluding steroid dienone is 6. The predicted octanol–water partition coefficient (Wildman–Crippen LogP) is 3.16. The van der Waals surface area contributed by atoms with Crippen molar-refractivity contribution in [3.05, 3.63) is 34.7 Å². The Bertz CT molecular complexity index is 487. The highest BCUT2D eigenvalue weighted by atomic mass is 14.9. The Morgan fingerprint density at radius 1 is 1.11 bits per heavy atom. The molecule has 1 aliphatic heterocycles. The molecule has 0 spiro atoms. The van der Waals surface area contributed by atoms with Crippen LogP contribution in [0.4, 0.5) is 0 Å². The quantitative estimate of drug-likeness (QED) is 0.715. The third-order valence-corrected chi connectivity index (χ3v) is 3.83. The third kappa shape index (κ3) is 2.05. The lowest BCUT2D eigenvalue weighted by Gasteiger charge is -2.32. The lowest BCUT2D eigenvalue weighted by molar-refractivity contribution is 0.389. The van der Waals surface area contributed by atoms with Crippen LogP contribution in [0.5, 0.6) is 0 Å². The van der Waals surface area contributed by atoms with Gasteiger partial charge in [0.15, 0.2) is 0 Å². The lowest BCUT2D eigenvalue weighted by Crippen LogP contribution is -2.29. The van der Waals surface area contributed by atoms with Crippen LogP contribution >= 0.6 is 0 Å². The first-order valence-corrected chi connectivity index (χ1v) is 6.32. The maximum absolute atomic E-state index is 9.36. The molecule has 0 aromatic heterocycles. The van der Waals surface area contributed by atoms with E-state index in [0.29, 0.717) is 5.92 Å². The van der Waals surface area contributed by atoms with E-state index in [-0.39, 0.29) is 5.92 Å². The molecule has 0 saturated carbocycles. The highest BCUT2D eigenvalue weighted by Crippen LogP contribution is 2.39. The largest absolute Gasteiger partial charge is 0.361 e. The summed E-state index contributed by atoms with van der Waals surface area (Å²) < 4.78 is 0. The van der Waals surface area contributed by atoms with Crippen LogP contribution in [-0.2, 0) is 0 Å². The van der Waals surface area contributed by atoms with E-state index in [2.05, 4.69) is 29.6 Å². The van der Waals surface area contributed by atoms with Gasteiger partial charge in [-0.15, -0.1) is 0 Å². The van der Waals surface area contributed by atoms with Crippen LogP contribution in [-0.4, -0.2) is 0 Å². The van der Waals surface area contributed by atoms with Gasteiger partial charge in [-0.3, -0.25) is 0 Å². The molecule has 0 unspecified atom stereocenters. The monoisotopic (exact) mass is 239 g/mol. The van der Waals surface area contributed by atoms with E-state index >= 15 is 0 Å². The van der Waals surface area contributed by atoms with Gasteiger partial charge in [-0.05, 0) is 39.0 Å². The van der Waals surface area contributed by atoms with Crippen LogP contribution in [0.2, 0.25) is 0 Å². The van der Waals surface area contributed by atoms with Gasteiger partial charge >= 0.3 is 0 Å². The van der Waals surface area contributed by atoms with Gasteiger partial charge in [0.2, 0.25) is 0 Å². The van der Waals surface area contributed by atoms with Gasteiger partial charge in [0.1, 0.15) is 0 Å². The van der Waals surface area contributed by atoms with Crippen LogP contribution in [0.25, 0.3) is 0 Å². The van der Waals surface area contributed by atoms with Crippen molar-refractivity contribution in [2.75, 3.05) is 0 Å². The Morgan fingerprint density at radius 3 is 2.17 bits per heavy atom. The predicted molar refractivity (Wildman–Crippen MR) is 69.7 cm³/mol. The summed E-state index contributed by atoms with van der Waals surface area (Å²) in [6.07, 6.45) is 7.41. The molecule has 0 aromatic carbocycles. The first kappa shape index (κ1) is 12.5. The zero-order valence-corrected chi connectivity index (χ0v) is 10.8. The lowest BCUT2D eigenvalue weighted by atomic mass is 9.73. The third-order valence-electron chi connectivity index (χ3n) is 3.83. The average Bonchev–Trinajstić information content (AvgIpc) is 2.39. The Labute approximate surface area is 108 Å². The first-order valence-electron chi connectivity index (χ1n) is 6.32. The summed E-state index contributed by atoms with van der Waals surface area (Å²) in [5.74, 6) is 0.359. The van der Waals surface area contributed by atoms with Gasteiger partial charge in [0.05, 0.1) is 23.3 Å². The maximum atomic E-state index is 9.36. The van der Waals surface area contributed by atoms with Gasteiger partial charge < -0.3 is 5.32 Å². The molecule has 1 N–H and O–H groups in total. The Balaban J connectivity index is 2.43. The maximum Gasteiger partial charge on any atom is 0.0972 e. The molecule has 3 nitrogen and oxygen atoms in total. The zero-order valence-electron chi connectivity index (χ0n) is 10.8. The molecular weight excluding hydrogens is 222 g/mol. The number of rotatable bonds is 1. The van der Waals surface area contributed by atoms with Crippen molar-refractivity contribution in [3.63, 3.8) is 0 Å². The Hall–Kier alpha value is -2.00. The molecule has 0 amide bonds. The Kier molecular flexibility index (Phi) is 3.53. The normalized spacial score (nSPS) is 24.6. The molecule has 1 heterocycles. The molecular formula is C15H17N3. The molecule has 0 radical (unpaired) electrons. The summed E-state index contributed by atoms with van der Waals surface area (Å²) in [5, 5.41) is 21.9. The first-order chi connectivity index (χ1) is 8.69. The second kappa shape index (κ2) is 5.10. The number of dihydropyridines is 1. The molecule has 0 aromatic rings. The minimum atomic E-state index is -0.0220. The van der Waals surface area contributed by atoms with E-state index in [9.17, 15) is 10.5 Å². The van der Waals surface area contributed by atoms with Crippen molar-refractivity contribution in [1.29, 1.82) is 10.5 Å². The molecule has 0 saturated heterocycles. The minimum Gasteiger partial charge on any atom is -0.361 e. The fourth-order valence-corrected chi connectivity index (χ4v) is 2.92. The number of nitrogens with zero attached hydrogens (tertiary/aromatic N) is 2. The van der Waals surface area contributed by atoms with E-state index < -0.39 is 0 Å². The fourth-order valence-electron chi connectivity index (χ4n) is 2.92. The zero-order chi connectivity index (χ0) is 13.1. The SMILES string of the molecule is CC1=C(C#N)C([C@@H]2CC=CCC2)C(C#N)=C(C)N1. The summed E-state index contributed by atoms with van der Waals surface area (Å²) in [7, 11) is 0. The molecule has 2 rings (SSSR count). The van der Waals surface area contributed by atoms with Crippen LogP contribution < -0.4 is 5.32 Å². The summed E-state index contributed by atoms with van der Waals surface area (Å²) in [4.78, 5) is 0. The highest BCUT2D eigenvalue weighted by molar-refractivity contribution is 5.47. The van der Waals surface area contributed by atoms with E-state index in [1.54, 1.807) is 0 Å². The van der Waals surface area contributed by atoms with E-state index in [0.717, 1.165) is 41.8 Å². The van der Waals surface area contributed by atoms with E-state index in [4.69, 9.17) is 0 Å².